The summed E-state index contributed by atoms with van der Waals surface area (Å²) in [5.41, 5.74) is 7.94. The van der Waals surface area contributed by atoms with Gasteiger partial charge >= 0.3 is 30.5 Å². The van der Waals surface area contributed by atoms with Crippen molar-refractivity contribution in [2.75, 3.05) is 147 Å². The molecule has 6 amide bonds. The number of carbonyl (C=O) groups is 7. The minimum absolute atomic E-state index is 0.0242. The number of piperidine rings is 4. The zero-order chi connectivity index (χ0) is 78.7. The molecule has 6 saturated heterocycles. The maximum absolute atomic E-state index is 14.6. The molecule has 0 aliphatic carbocycles. The number of ether oxygens (including phenoxy) is 6. The molecule has 0 spiro atoms. The molecule has 0 saturated carbocycles. The Kier molecular flexibility index (Phi) is 25.4. The number of methoxy groups -OCH3 is 3. The standard InChI is InChI=1S/C45H58N8O12.C36H46N8O3/c1-30-22-31(23-34-26-46-52(39(30)34)28-64-44(58)61-4)24-37(41(55)49-18-16-48(17-19-49)35-12-20-53(2,21-13-35)29-65-45(59)62-5)47-42(56)50-14-10-32(11-15-50)36-25-33-8-6-7-9-38(33)51(40(36)54)27-63-43(57)60-3;1-24-19-25(20-28-23-37-40-33(24)28)21-32(35(46)43-17-15-42(16-18-43)29-9-11-41(2)12-10-29)39-36(47)44-13-7-26(8-14-44)30-22-27-5-3-4-6-31(27)38-34(30)45/h6-9,22-23,25-26,32,35,37H,10-21,24,27-29H2,1-5H3;3-6,19-20,22-23,26,29,32H,7-18,21H2,1-2H3,(H,37,40)(H,38,45)(H,39,47)/p+1/t35?,37-,53?;32-/m11/s1. The van der Waals surface area contributed by atoms with Gasteiger partial charge in [-0.25, -0.2) is 28.7 Å². The minimum Gasteiger partial charge on any atom is -0.438 e. The maximum Gasteiger partial charge on any atom is 0.512 e. The number of piperazine rings is 2. The summed E-state index contributed by atoms with van der Waals surface area (Å²) in [6, 6.07) is 25.8. The first-order valence-electron chi connectivity index (χ1n) is 39.0. The number of carbonyl (C=O) groups excluding carboxylic acids is 7. The van der Waals surface area contributed by atoms with Gasteiger partial charge in [-0.15, -0.1) is 0 Å². The molecule has 6 aliphatic rings. The molecule has 0 unspecified atom stereocenters. The van der Waals surface area contributed by atoms with Crippen LogP contribution in [-0.2, 0) is 64.3 Å². The summed E-state index contributed by atoms with van der Waals surface area (Å²) in [5, 5.41) is 21.5. The largest absolute Gasteiger partial charge is 0.512 e. The number of urea groups is 2. The first-order chi connectivity index (χ1) is 54.1. The van der Waals surface area contributed by atoms with Crippen LogP contribution in [0.25, 0.3) is 43.6 Å². The van der Waals surface area contributed by atoms with E-state index in [9.17, 15) is 43.2 Å². The van der Waals surface area contributed by atoms with Gasteiger partial charge in [0.25, 0.3) is 11.1 Å². The number of benzene rings is 4. The van der Waals surface area contributed by atoms with Crippen LogP contribution in [0, 0.1) is 13.8 Å². The van der Waals surface area contributed by atoms with Crippen LogP contribution in [0.4, 0.5) is 24.0 Å². The third-order valence-corrected chi connectivity index (χ3v) is 23.7. The highest BCUT2D eigenvalue weighted by atomic mass is 16.7. The molecule has 4 N–H and O–H groups in total. The van der Waals surface area contributed by atoms with E-state index in [2.05, 4.69) is 86.1 Å². The highest BCUT2D eigenvalue weighted by Crippen LogP contribution is 2.32. The van der Waals surface area contributed by atoms with E-state index in [1.807, 2.05) is 90.4 Å². The molecule has 31 nitrogen and oxygen atoms in total. The molecular weight excluding hydrogens is 1440 g/mol. The number of H-pyrrole nitrogens is 2. The van der Waals surface area contributed by atoms with Crippen molar-refractivity contribution in [3.63, 3.8) is 0 Å². The molecule has 598 valence electrons. The molecule has 31 heteroatoms. The summed E-state index contributed by atoms with van der Waals surface area (Å²) in [5.74, 6) is -0.279. The van der Waals surface area contributed by atoms with E-state index in [1.54, 1.807) is 32.9 Å². The van der Waals surface area contributed by atoms with Crippen molar-refractivity contribution in [1.29, 1.82) is 0 Å². The smallest absolute Gasteiger partial charge is 0.438 e. The molecule has 6 aliphatic heterocycles. The summed E-state index contributed by atoms with van der Waals surface area (Å²) < 4.78 is 33.0. The van der Waals surface area contributed by atoms with Crippen LogP contribution in [0.3, 0.4) is 0 Å². The molecule has 8 aromatic rings. The van der Waals surface area contributed by atoms with E-state index in [1.165, 1.54) is 38.7 Å². The Hall–Kier alpha value is -10.6. The van der Waals surface area contributed by atoms with Crippen LogP contribution < -0.4 is 21.8 Å². The van der Waals surface area contributed by atoms with Gasteiger partial charge in [-0.1, -0.05) is 48.5 Å². The Balaban J connectivity index is 0.000000206. The number of aromatic amines is 2. The van der Waals surface area contributed by atoms with Gasteiger partial charge in [0, 0.05) is 144 Å². The number of aryl methyl sites for hydroxylation is 2. The average molecular weight is 1540 g/mol. The molecule has 0 bridgehead atoms. The molecule has 10 heterocycles. The zero-order valence-corrected chi connectivity index (χ0v) is 65.2. The van der Waals surface area contributed by atoms with Gasteiger partial charge in [-0.3, -0.25) is 43.1 Å². The van der Waals surface area contributed by atoms with Gasteiger partial charge in [0.1, 0.15) is 12.1 Å². The number of nitrogens with zero attached hydrogens (tertiary/aromatic N) is 12. The number of quaternary nitrogens is 1. The van der Waals surface area contributed by atoms with Crippen LogP contribution in [-0.4, -0.2) is 282 Å². The van der Waals surface area contributed by atoms with Crippen LogP contribution in [0.15, 0.2) is 107 Å². The fourth-order valence-electron chi connectivity index (χ4n) is 17.3. The predicted molar refractivity (Wildman–Crippen MR) is 418 cm³/mol. The number of fused-ring (bicyclic) bond motifs is 4. The third kappa shape index (κ3) is 18.8. The van der Waals surface area contributed by atoms with Gasteiger partial charge in [-0.2, -0.15) is 10.2 Å². The van der Waals surface area contributed by atoms with E-state index >= 15 is 0 Å². The molecular formula is C81H105N16O15+. The second kappa shape index (κ2) is 35.8. The fourth-order valence-corrected chi connectivity index (χ4v) is 17.3. The van der Waals surface area contributed by atoms with Gasteiger partial charge in [0.15, 0.2) is 13.5 Å². The van der Waals surface area contributed by atoms with Gasteiger partial charge in [0.05, 0.1) is 70.4 Å². The Morgan fingerprint density at radius 2 is 1.04 bits per heavy atom. The lowest BCUT2D eigenvalue weighted by Gasteiger charge is -2.45. The normalized spacial score (nSPS) is 19.9. The minimum atomic E-state index is -0.896. The second-order valence-corrected chi connectivity index (χ2v) is 30.9. The quantitative estimate of drug-likeness (QED) is 0.0365. The maximum atomic E-state index is 14.6. The molecule has 2 atom stereocenters. The van der Waals surface area contributed by atoms with Crippen molar-refractivity contribution >= 4 is 86.0 Å². The second-order valence-electron chi connectivity index (χ2n) is 30.9. The Bertz CT molecular complexity index is 4820. The topological polar surface area (TPSA) is 323 Å². The Morgan fingerprint density at radius 3 is 1.63 bits per heavy atom. The molecule has 6 fully saturated rings. The number of likely N-dealkylation sites (tertiary alicyclic amines) is 4. The molecule has 112 heavy (non-hydrogen) atoms. The van der Waals surface area contributed by atoms with Crippen molar-refractivity contribution in [2.45, 2.75) is 128 Å². The lowest BCUT2D eigenvalue weighted by molar-refractivity contribution is -0.930. The summed E-state index contributed by atoms with van der Waals surface area (Å²) in [4.78, 5) is 136. The first kappa shape index (κ1) is 79.5. The number of nitrogens with one attached hydrogen (secondary N) is 4. The van der Waals surface area contributed by atoms with Crippen LogP contribution in [0.1, 0.15) is 96.6 Å². The number of hydrogen-bond donors (Lipinski definition) is 4. The number of hydrogen-bond acceptors (Lipinski definition) is 20. The van der Waals surface area contributed by atoms with Gasteiger partial charge in [-0.05, 0) is 154 Å². The van der Waals surface area contributed by atoms with Crippen LogP contribution in [0.5, 0.6) is 0 Å². The van der Waals surface area contributed by atoms with E-state index in [4.69, 9.17) is 14.2 Å². The summed E-state index contributed by atoms with van der Waals surface area (Å²) in [6.07, 6.45) is 8.31. The SMILES string of the molecule is COC(=O)OCn1ncc2cc(C[C@@H](NC(=O)N3CCC(c4cc5ccccc5n(COC(=O)OC)c4=O)CC3)C(=O)N3CCN(C4CC[N+](C)(COC(=O)OC)CC4)CC3)cc(C)c21.Cc1cc(C[C@@H](NC(=O)N2CCC(c3cc4ccccc4[nH]c3=O)CC2)C(=O)N2CCN(C3CCN(C)CC3)CC2)cc2cn[nH]c12. The summed E-state index contributed by atoms with van der Waals surface area (Å²) in [7, 11) is 7.99. The van der Waals surface area contributed by atoms with Crippen molar-refractivity contribution < 1.29 is 66.5 Å². The molecule has 0 radical (unpaired) electrons. The summed E-state index contributed by atoms with van der Waals surface area (Å²) in [6.45, 7) is 14.9. The summed E-state index contributed by atoms with van der Waals surface area (Å²) >= 11 is 0. The lowest BCUT2D eigenvalue weighted by Crippen LogP contribution is -2.60. The van der Waals surface area contributed by atoms with Crippen LogP contribution in [0.2, 0.25) is 0 Å². The van der Waals surface area contributed by atoms with Crippen LogP contribution >= 0.6 is 0 Å². The van der Waals surface area contributed by atoms with E-state index in [0.29, 0.717) is 125 Å². The van der Waals surface area contributed by atoms with Gasteiger partial charge in [0.2, 0.25) is 18.5 Å². The molecule has 14 rings (SSSR count). The van der Waals surface area contributed by atoms with Crippen molar-refractivity contribution in [1.82, 2.24) is 74.5 Å². The number of amides is 6. The highest BCUT2D eigenvalue weighted by Gasteiger charge is 2.39. The van der Waals surface area contributed by atoms with Crippen molar-refractivity contribution in [2.24, 2.45) is 0 Å². The van der Waals surface area contributed by atoms with Crippen molar-refractivity contribution in [3.05, 3.63) is 151 Å². The molecule has 4 aromatic heterocycles. The highest BCUT2D eigenvalue weighted by molar-refractivity contribution is 5.90. The van der Waals surface area contributed by atoms with E-state index < -0.39 is 30.5 Å². The zero-order valence-electron chi connectivity index (χ0n) is 65.2. The molecule has 4 aromatic carbocycles. The fraction of sp³-hybridized carbons (Fsp3) is 0.519. The number of rotatable bonds is 18. The van der Waals surface area contributed by atoms with E-state index in [0.717, 1.165) is 118 Å². The lowest BCUT2D eigenvalue weighted by atomic mass is 9.89. The van der Waals surface area contributed by atoms with E-state index in [-0.39, 0.29) is 73.4 Å². The van der Waals surface area contributed by atoms with Gasteiger partial charge < -0.3 is 68.5 Å². The third-order valence-electron chi connectivity index (χ3n) is 23.7. The Labute approximate surface area is 649 Å². The number of para-hydroxylation sites is 2. The number of aromatic nitrogens is 6. The Morgan fingerprint density at radius 1 is 0.536 bits per heavy atom. The number of pyridine rings is 2. The van der Waals surface area contributed by atoms with Crippen molar-refractivity contribution in [3.8, 4) is 0 Å². The predicted octanol–water partition coefficient (Wildman–Crippen LogP) is 7.59. The monoisotopic (exact) mass is 1540 g/mol. The average Bonchev–Trinajstić information content (AvgIpc) is 1.12. The first-order valence-corrected chi connectivity index (χ1v) is 39.0.